The summed E-state index contributed by atoms with van der Waals surface area (Å²) in [5.41, 5.74) is 1.88. The predicted molar refractivity (Wildman–Crippen MR) is 137 cm³/mol. The molecule has 1 atom stereocenters. The zero-order chi connectivity index (χ0) is 26.3. The van der Waals surface area contributed by atoms with Crippen molar-refractivity contribution in [1.29, 1.82) is 0 Å². The van der Waals surface area contributed by atoms with Crippen LogP contribution in [-0.4, -0.2) is 31.4 Å². The molecule has 1 aromatic heterocycles. The van der Waals surface area contributed by atoms with E-state index in [1.54, 1.807) is 18.2 Å². The number of hydrogen-bond acceptors (Lipinski definition) is 8. The highest BCUT2D eigenvalue weighted by atomic mass is 16.5. The second kappa shape index (κ2) is 9.54. The summed E-state index contributed by atoms with van der Waals surface area (Å²) in [5, 5.41) is 10.8. The van der Waals surface area contributed by atoms with Crippen molar-refractivity contribution >= 4 is 16.9 Å². The summed E-state index contributed by atoms with van der Waals surface area (Å²) < 4.78 is 27.8. The molecule has 8 nitrogen and oxygen atoms in total. The molecule has 0 spiro atoms. The lowest BCUT2D eigenvalue weighted by atomic mass is 9.85. The molecule has 2 heterocycles. The highest BCUT2D eigenvalue weighted by molar-refractivity contribution is 5.94. The van der Waals surface area contributed by atoms with Gasteiger partial charge in [-0.3, -0.25) is 9.59 Å². The predicted octanol–water partition coefficient (Wildman–Crippen LogP) is 5.41. The molecule has 3 aromatic carbocycles. The van der Waals surface area contributed by atoms with Crippen molar-refractivity contribution in [3.05, 3.63) is 76.1 Å². The van der Waals surface area contributed by atoms with E-state index in [0.717, 1.165) is 5.56 Å². The van der Waals surface area contributed by atoms with Crippen LogP contribution in [0.2, 0.25) is 0 Å². The number of benzene rings is 3. The Labute approximate surface area is 213 Å². The van der Waals surface area contributed by atoms with Crippen molar-refractivity contribution in [1.82, 2.24) is 0 Å². The minimum atomic E-state index is -0.442. The summed E-state index contributed by atoms with van der Waals surface area (Å²) >= 11 is 0. The lowest BCUT2D eigenvalue weighted by Gasteiger charge is -2.26. The summed E-state index contributed by atoms with van der Waals surface area (Å²) in [6.07, 6.45) is 1.43. The van der Waals surface area contributed by atoms with Gasteiger partial charge in [-0.25, -0.2) is 0 Å². The fourth-order valence-corrected chi connectivity index (χ4v) is 4.67. The molecule has 190 valence electrons. The average molecular weight is 503 g/mol. The molecule has 5 rings (SSSR count). The molecule has 1 aliphatic rings. The first-order valence-corrected chi connectivity index (χ1v) is 11.8. The van der Waals surface area contributed by atoms with Gasteiger partial charge in [-0.15, -0.1) is 0 Å². The Morgan fingerprint density at radius 1 is 0.973 bits per heavy atom. The molecule has 0 amide bonds. The summed E-state index contributed by atoms with van der Waals surface area (Å²) in [6, 6.07) is 13.8. The van der Waals surface area contributed by atoms with Gasteiger partial charge in [0.05, 0.1) is 32.3 Å². The van der Waals surface area contributed by atoms with Crippen LogP contribution in [0.15, 0.2) is 64.0 Å². The van der Waals surface area contributed by atoms with Crippen molar-refractivity contribution in [3.8, 4) is 39.9 Å². The van der Waals surface area contributed by atoms with Crippen molar-refractivity contribution in [2.75, 3.05) is 14.2 Å². The fraction of sp³-hybridized carbons (Fsp3) is 0.241. The number of fused-ring (bicyclic) bond motifs is 3. The normalized spacial score (nSPS) is 14.8. The first-order valence-electron chi connectivity index (χ1n) is 11.8. The summed E-state index contributed by atoms with van der Waals surface area (Å²) in [7, 11) is 3.03. The van der Waals surface area contributed by atoms with E-state index in [-0.39, 0.29) is 40.6 Å². The zero-order valence-corrected chi connectivity index (χ0v) is 20.9. The number of carbonyl (C=O) groups is 1. The van der Waals surface area contributed by atoms with E-state index in [2.05, 4.69) is 0 Å². The third-order valence-electron chi connectivity index (χ3n) is 6.32. The van der Waals surface area contributed by atoms with E-state index in [9.17, 15) is 14.7 Å². The van der Waals surface area contributed by atoms with Gasteiger partial charge in [0.15, 0.2) is 11.5 Å². The Morgan fingerprint density at radius 3 is 2.38 bits per heavy atom. The topological polar surface area (TPSA) is 104 Å². The first kappa shape index (κ1) is 24.2. The highest BCUT2D eigenvalue weighted by Crippen LogP contribution is 2.46. The molecule has 37 heavy (non-hydrogen) atoms. The molecule has 0 bridgehead atoms. The summed E-state index contributed by atoms with van der Waals surface area (Å²) in [5.74, 6) is 0.619. The summed E-state index contributed by atoms with van der Waals surface area (Å²) in [6.45, 7) is 3.89. The second-order valence-electron chi connectivity index (χ2n) is 9.03. The largest absolute Gasteiger partial charge is 0.507 e. The maximum absolute atomic E-state index is 13.6. The van der Waals surface area contributed by atoms with E-state index >= 15 is 0 Å². The number of methoxy groups -OCH3 is 2. The van der Waals surface area contributed by atoms with Crippen LogP contribution in [0.4, 0.5) is 0 Å². The van der Waals surface area contributed by atoms with Crippen molar-refractivity contribution in [2.24, 2.45) is 0 Å². The van der Waals surface area contributed by atoms with Crippen LogP contribution in [0.1, 0.15) is 37.3 Å². The van der Waals surface area contributed by atoms with Crippen molar-refractivity contribution in [3.63, 3.8) is 0 Å². The molecule has 8 heteroatoms. The SMILES string of the molecule is COc1ccc(-c2coc3c4c(cc(O)c3c2=O)OC(=O)CC4c2ccc(OC(C)C)cc2)cc1OC. The van der Waals surface area contributed by atoms with Gasteiger partial charge in [0.1, 0.15) is 34.5 Å². The minimum Gasteiger partial charge on any atom is -0.507 e. The molecule has 0 saturated heterocycles. The molecule has 1 N–H and O–H groups in total. The third kappa shape index (κ3) is 4.35. The maximum atomic E-state index is 13.6. The third-order valence-corrected chi connectivity index (χ3v) is 6.32. The van der Waals surface area contributed by atoms with Crippen LogP contribution >= 0.6 is 0 Å². The summed E-state index contributed by atoms with van der Waals surface area (Å²) in [4.78, 5) is 26.1. The van der Waals surface area contributed by atoms with E-state index in [1.807, 2.05) is 38.1 Å². The molecule has 4 aromatic rings. The molecular weight excluding hydrogens is 476 g/mol. The van der Waals surface area contributed by atoms with Crippen LogP contribution in [-0.2, 0) is 4.79 Å². The van der Waals surface area contributed by atoms with Gasteiger partial charge in [-0.05, 0) is 49.2 Å². The number of rotatable bonds is 6. The van der Waals surface area contributed by atoms with Crippen LogP contribution in [0.25, 0.3) is 22.1 Å². The van der Waals surface area contributed by atoms with Gasteiger partial charge in [0, 0.05) is 17.5 Å². The molecule has 1 aliphatic heterocycles. The number of phenols is 1. The van der Waals surface area contributed by atoms with Crippen LogP contribution in [0.5, 0.6) is 28.7 Å². The van der Waals surface area contributed by atoms with Gasteiger partial charge >= 0.3 is 5.97 Å². The Hall–Kier alpha value is -4.46. The van der Waals surface area contributed by atoms with Gasteiger partial charge in [-0.2, -0.15) is 0 Å². The Bertz CT molecular complexity index is 1550. The second-order valence-corrected chi connectivity index (χ2v) is 9.03. The van der Waals surface area contributed by atoms with Crippen molar-refractivity contribution in [2.45, 2.75) is 32.3 Å². The van der Waals surface area contributed by atoms with Gasteiger partial charge in [0.2, 0.25) is 5.43 Å². The number of phenolic OH excluding ortho intramolecular Hbond substituents is 1. The zero-order valence-electron chi connectivity index (χ0n) is 20.9. The number of ether oxygens (including phenoxy) is 4. The highest BCUT2D eigenvalue weighted by Gasteiger charge is 2.33. The molecule has 0 fully saturated rings. The van der Waals surface area contributed by atoms with Gasteiger partial charge < -0.3 is 28.5 Å². The van der Waals surface area contributed by atoms with Crippen LogP contribution in [0, 0.1) is 0 Å². The van der Waals surface area contributed by atoms with Gasteiger partial charge in [0.25, 0.3) is 0 Å². The molecular formula is C29H26O8. The number of hydrogen-bond donors (Lipinski definition) is 1. The van der Waals surface area contributed by atoms with E-state index in [4.69, 9.17) is 23.4 Å². The smallest absolute Gasteiger partial charge is 0.312 e. The van der Waals surface area contributed by atoms with E-state index in [0.29, 0.717) is 28.4 Å². The lowest BCUT2D eigenvalue weighted by molar-refractivity contribution is -0.135. The average Bonchev–Trinajstić information content (AvgIpc) is 2.87. The minimum absolute atomic E-state index is 0.00810. The Morgan fingerprint density at radius 2 is 1.70 bits per heavy atom. The van der Waals surface area contributed by atoms with Crippen LogP contribution < -0.4 is 24.4 Å². The molecule has 0 aliphatic carbocycles. The van der Waals surface area contributed by atoms with Gasteiger partial charge in [-0.1, -0.05) is 18.2 Å². The Kier molecular flexibility index (Phi) is 6.25. The number of carbonyl (C=O) groups excluding carboxylic acids is 1. The number of aromatic hydroxyl groups is 1. The van der Waals surface area contributed by atoms with Crippen LogP contribution in [0.3, 0.4) is 0 Å². The Balaban J connectivity index is 1.67. The quantitative estimate of drug-likeness (QED) is 0.276. The first-order chi connectivity index (χ1) is 17.8. The number of esters is 1. The molecule has 0 saturated carbocycles. The fourth-order valence-electron chi connectivity index (χ4n) is 4.67. The lowest BCUT2D eigenvalue weighted by Crippen LogP contribution is -2.22. The van der Waals surface area contributed by atoms with Crippen molar-refractivity contribution < 1.29 is 33.3 Å². The van der Waals surface area contributed by atoms with E-state index < -0.39 is 17.3 Å². The standard InChI is InChI=1S/C29H26O8/c1-15(2)36-18-8-5-16(6-9-18)19-12-25(31)37-24-13-21(30)27-28(32)20(14-35-29(27)26(19)24)17-7-10-22(33-3)23(11-17)34-4/h5-11,13-15,19,30H,12H2,1-4H3. The molecule has 0 radical (unpaired) electrons. The monoisotopic (exact) mass is 502 g/mol. The van der Waals surface area contributed by atoms with E-state index in [1.165, 1.54) is 26.5 Å². The molecule has 1 unspecified atom stereocenters. The maximum Gasteiger partial charge on any atom is 0.312 e.